The fourth-order valence-electron chi connectivity index (χ4n) is 2.70. The quantitative estimate of drug-likeness (QED) is 0.708. The molecule has 1 aliphatic rings. The molecule has 25 heavy (non-hydrogen) atoms. The minimum Gasteiger partial charge on any atom is -0.441 e. The van der Waals surface area contributed by atoms with E-state index in [0.717, 1.165) is 18.2 Å². The standard InChI is InChI=1S/C15H12F2N6O2/c16-10-3-9(4-11(17)5-10)15-19-12-6-22(2-1-13(12)25-15)14(24)7-23-8-18-20-21-23/h3-5,8H,1-2,6-7H2. The number of aromatic nitrogens is 5. The van der Waals surface area contributed by atoms with Gasteiger partial charge < -0.3 is 9.32 Å². The van der Waals surface area contributed by atoms with Crippen molar-refractivity contribution >= 4 is 5.91 Å². The molecule has 0 saturated carbocycles. The first-order valence-electron chi connectivity index (χ1n) is 7.52. The maximum atomic E-state index is 13.4. The molecule has 0 N–H and O–H groups in total. The number of fused-ring (bicyclic) bond motifs is 1. The number of carbonyl (C=O) groups is 1. The Labute approximate surface area is 140 Å². The number of tetrazole rings is 1. The van der Waals surface area contributed by atoms with Crippen molar-refractivity contribution in [2.75, 3.05) is 6.54 Å². The van der Waals surface area contributed by atoms with E-state index in [1.54, 1.807) is 4.90 Å². The van der Waals surface area contributed by atoms with Gasteiger partial charge in [-0.2, -0.15) is 0 Å². The van der Waals surface area contributed by atoms with Crippen molar-refractivity contribution in [3.63, 3.8) is 0 Å². The van der Waals surface area contributed by atoms with Gasteiger partial charge in [0.2, 0.25) is 11.8 Å². The van der Waals surface area contributed by atoms with Gasteiger partial charge in [-0.15, -0.1) is 5.10 Å². The molecule has 0 radical (unpaired) electrons. The van der Waals surface area contributed by atoms with Gasteiger partial charge in [-0.1, -0.05) is 0 Å². The number of nitrogens with zero attached hydrogens (tertiary/aromatic N) is 6. The zero-order chi connectivity index (χ0) is 17.4. The topological polar surface area (TPSA) is 89.9 Å². The molecule has 0 aliphatic carbocycles. The summed E-state index contributed by atoms with van der Waals surface area (Å²) < 4.78 is 33.7. The molecule has 3 heterocycles. The lowest BCUT2D eigenvalue weighted by molar-refractivity contribution is -0.133. The van der Waals surface area contributed by atoms with Crippen LogP contribution >= 0.6 is 0 Å². The number of halogens is 2. The Hall–Kier alpha value is -3.17. The molecule has 1 aromatic carbocycles. The van der Waals surface area contributed by atoms with E-state index in [2.05, 4.69) is 20.5 Å². The predicted molar refractivity (Wildman–Crippen MR) is 78.8 cm³/mol. The average Bonchev–Trinajstić information content (AvgIpc) is 3.22. The maximum absolute atomic E-state index is 13.4. The van der Waals surface area contributed by atoms with Crippen LogP contribution in [-0.2, 0) is 24.3 Å². The van der Waals surface area contributed by atoms with Crippen molar-refractivity contribution in [1.82, 2.24) is 30.1 Å². The maximum Gasteiger partial charge on any atom is 0.244 e. The third-order valence-electron chi connectivity index (χ3n) is 3.88. The van der Waals surface area contributed by atoms with Crippen LogP contribution in [-0.4, -0.2) is 42.5 Å². The van der Waals surface area contributed by atoms with Crippen LogP contribution in [0.2, 0.25) is 0 Å². The average molecular weight is 346 g/mol. The van der Waals surface area contributed by atoms with Crippen molar-refractivity contribution in [2.24, 2.45) is 0 Å². The Kier molecular flexibility index (Phi) is 3.71. The molecule has 128 valence electrons. The van der Waals surface area contributed by atoms with E-state index in [9.17, 15) is 13.6 Å². The first kappa shape index (κ1) is 15.4. The van der Waals surface area contributed by atoms with Crippen molar-refractivity contribution in [3.05, 3.63) is 47.6 Å². The summed E-state index contributed by atoms with van der Waals surface area (Å²) >= 11 is 0. The lowest BCUT2D eigenvalue weighted by atomic mass is 10.1. The molecule has 0 saturated heterocycles. The van der Waals surface area contributed by atoms with Crippen LogP contribution in [0.15, 0.2) is 28.9 Å². The lowest BCUT2D eigenvalue weighted by Gasteiger charge is -2.25. The van der Waals surface area contributed by atoms with E-state index in [4.69, 9.17) is 4.42 Å². The largest absolute Gasteiger partial charge is 0.441 e. The van der Waals surface area contributed by atoms with Crippen LogP contribution in [0.5, 0.6) is 0 Å². The molecule has 2 aromatic heterocycles. The van der Waals surface area contributed by atoms with Gasteiger partial charge in [0.05, 0.1) is 6.54 Å². The van der Waals surface area contributed by atoms with Crippen molar-refractivity contribution in [1.29, 1.82) is 0 Å². The number of amides is 1. The van der Waals surface area contributed by atoms with Gasteiger partial charge in [0, 0.05) is 24.6 Å². The molecule has 0 atom stereocenters. The third-order valence-corrected chi connectivity index (χ3v) is 3.88. The second-order valence-electron chi connectivity index (χ2n) is 5.62. The zero-order valence-corrected chi connectivity index (χ0v) is 12.9. The highest BCUT2D eigenvalue weighted by Crippen LogP contribution is 2.27. The molecule has 0 spiro atoms. The summed E-state index contributed by atoms with van der Waals surface area (Å²) in [5, 5.41) is 10.6. The monoisotopic (exact) mass is 346 g/mol. The van der Waals surface area contributed by atoms with Gasteiger partial charge >= 0.3 is 0 Å². The normalized spacial score (nSPS) is 13.8. The number of hydrogen-bond donors (Lipinski definition) is 0. The van der Waals surface area contributed by atoms with Crippen molar-refractivity contribution in [3.8, 4) is 11.5 Å². The Morgan fingerprint density at radius 3 is 2.76 bits per heavy atom. The highest BCUT2D eigenvalue weighted by atomic mass is 19.1. The van der Waals surface area contributed by atoms with Crippen LogP contribution in [0.1, 0.15) is 11.5 Å². The number of rotatable bonds is 3. The van der Waals surface area contributed by atoms with E-state index in [0.29, 0.717) is 24.4 Å². The molecule has 4 rings (SSSR count). The molecular weight excluding hydrogens is 334 g/mol. The van der Waals surface area contributed by atoms with E-state index in [1.807, 2.05) is 0 Å². The summed E-state index contributed by atoms with van der Waals surface area (Å²) in [7, 11) is 0. The molecule has 10 heteroatoms. The summed E-state index contributed by atoms with van der Waals surface area (Å²) in [5.41, 5.74) is 0.800. The molecule has 0 fully saturated rings. The van der Waals surface area contributed by atoms with Crippen LogP contribution in [0.3, 0.4) is 0 Å². The lowest BCUT2D eigenvalue weighted by Crippen LogP contribution is -2.38. The van der Waals surface area contributed by atoms with E-state index in [-0.39, 0.29) is 30.5 Å². The minimum absolute atomic E-state index is 0.0299. The van der Waals surface area contributed by atoms with Gasteiger partial charge in [-0.05, 0) is 22.6 Å². The number of hydrogen-bond acceptors (Lipinski definition) is 6. The van der Waals surface area contributed by atoms with Crippen LogP contribution in [0.4, 0.5) is 8.78 Å². The highest BCUT2D eigenvalue weighted by molar-refractivity contribution is 5.76. The molecule has 8 nitrogen and oxygen atoms in total. The van der Waals surface area contributed by atoms with E-state index >= 15 is 0 Å². The summed E-state index contributed by atoms with van der Waals surface area (Å²) in [6.45, 7) is 0.750. The second kappa shape index (κ2) is 6.04. The smallest absolute Gasteiger partial charge is 0.244 e. The van der Waals surface area contributed by atoms with Gasteiger partial charge in [-0.3, -0.25) is 4.79 Å². The van der Waals surface area contributed by atoms with E-state index < -0.39 is 11.6 Å². The highest BCUT2D eigenvalue weighted by Gasteiger charge is 2.26. The molecule has 1 amide bonds. The van der Waals surface area contributed by atoms with Gasteiger partial charge in [0.25, 0.3) is 0 Å². The Bertz CT molecular complexity index is 904. The fourth-order valence-corrected chi connectivity index (χ4v) is 2.70. The third kappa shape index (κ3) is 3.10. The number of carbonyl (C=O) groups excluding carboxylic acids is 1. The Morgan fingerprint density at radius 1 is 1.24 bits per heavy atom. The number of benzene rings is 1. The summed E-state index contributed by atoms with van der Waals surface area (Å²) in [6.07, 6.45) is 1.83. The first-order chi connectivity index (χ1) is 12.1. The molecule has 0 unspecified atom stereocenters. The molecule has 3 aromatic rings. The van der Waals surface area contributed by atoms with Crippen LogP contribution in [0.25, 0.3) is 11.5 Å². The SMILES string of the molecule is O=C(Cn1cnnn1)N1CCc2oc(-c3cc(F)cc(F)c3)nc2C1. The minimum atomic E-state index is -0.704. The van der Waals surface area contributed by atoms with Crippen molar-refractivity contribution < 1.29 is 18.0 Å². The summed E-state index contributed by atoms with van der Waals surface area (Å²) in [6, 6.07) is 3.09. The summed E-state index contributed by atoms with van der Waals surface area (Å²) in [4.78, 5) is 18.2. The van der Waals surface area contributed by atoms with Gasteiger partial charge in [0.1, 0.15) is 36.0 Å². The van der Waals surface area contributed by atoms with Gasteiger partial charge in [-0.25, -0.2) is 18.4 Å². The predicted octanol–water partition coefficient (Wildman–Crippen LogP) is 1.19. The van der Waals surface area contributed by atoms with Crippen LogP contribution < -0.4 is 0 Å². The second-order valence-corrected chi connectivity index (χ2v) is 5.62. The number of oxazole rings is 1. The zero-order valence-electron chi connectivity index (χ0n) is 12.9. The molecule has 0 bridgehead atoms. The summed E-state index contributed by atoms with van der Waals surface area (Å²) in [5.74, 6) is -0.808. The molecular formula is C15H12F2N6O2. The van der Waals surface area contributed by atoms with Crippen LogP contribution in [0, 0.1) is 11.6 Å². The van der Waals surface area contributed by atoms with E-state index in [1.165, 1.54) is 11.0 Å². The van der Waals surface area contributed by atoms with Crippen molar-refractivity contribution in [2.45, 2.75) is 19.5 Å². The first-order valence-corrected chi connectivity index (χ1v) is 7.52. The fraction of sp³-hybridized carbons (Fsp3) is 0.267. The molecule has 1 aliphatic heterocycles. The van der Waals surface area contributed by atoms with Gasteiger partial charge in [0.15, 0.2) is 0 Å². The Balaban J connectivity index is 1.53. The Morgan fingerprint density at radius 2 is 2.04 bits per heavy atom.